The smallest absolute Gasteiger partial charge is 0.404 e. The molecule has 1 aliphatic rings. The van der Waals surface area contributed by atoms with E-state index in [9.17, 15) is 18.0 Å². The molecule has 2 aromatic carbocycles. The molecule has 1 N–H and O–H groups in total. The van der Waals surface area contributed by atoms with Gasteiger partial charge in [-0.2, -0.15) is 0 Å². The summed E-state index contributed by atoms with van der Waals surface area (Å²) >= 11 is 12.2. The average Bonchev–Trinajstić information content (AvgIpc) is 3.20. The van der Waals surface area contributed by atoms with Gasteiger partial charge in [-0.3, -0.25) is 9.47 Å². The van der Waals surface area contributed by atoms with E-state index in [1.54, 1.807) is 12.1 Å². The standard InChI is InChI=1S/C29H25Cl2F3N4O2/c1-18-4-6-19(7-5-18)3-2-11-37-12-9-24-22(17-37)21-14-23(30)26(40-29(32,33)34)15-25(21)38(24)28(39)36-16-20-8-10-35-27(31)13-20/h2-8,10,13-15H,9,11-12,16-17H2,1H3,(H,36,39)/b3-2+. The minimum Gasteiger partial charge on any atom is -0.404 e. The van der Waals surface area contributed by atoms with Crippen LogP contribution in [0.4, 0.5) is 18.0 Å². The van der Waals surface area contributed by atoms with E-state index in [1.807, 2.05) is 6.92 Å². The molecule has 6 nitrogen and oxygen atoms in total. The molecule has 4 aromatic rings. The molecule has 208 valence electrons. The number of carbonyl (C=O) groups is 1. The number of pyridine rings is 1. The van der Waals surface area contributed by atoms with Crippen LogP contribution in [0.1, 0.15) is 27.9 Å². The van der Waals surface area contributed by atoms with Crippen LogP contribution in [0.3, 0.4) is 0 Å². The summed E-state index contributed by atoms with van der Waals surface area (Å²) in [5.74, 6) is -0.565. The third-order valence-electron chi connectivity index (χ3n) is 6.70. The van der Waals surface area contributed by atoms with Crippen LogP contribution in [0.5, 0.6) is 5.75 Å². The molecule has 1 aliphatic heterocycles. The first kappa shape index (κ1) is 28.0. The fourth-order valence-corrected chi connectivity index (χ4v) is 5.23. The van der Waals surface area contributed by atoms with E-state index in [1.165, 1.54) is 28.5 Å². The van der Waals surface area contributed by atoms with Crippen LogP contribution in [0.2, 0.25) is 10.2 Å². The van der Waals surface area contributed by atoms with Gasteiger partial charge < -0.3 is 10.1 Å². The molecule has 11 heteroatoms. The zero-order valence-corrected chi connectivity index (χ0v) is 22.9. The molecule has 0 unspecified atom stereocenters. The lowest BCUT2D eigenvalue weighted by Crippen LogP contribution is -2.34. The fraction of sp³-hybridized carbons (Fsp3) is 0.241. The van der Waals surface area contributed by atoms with Gasteiger partial charge in [0.15, 0.2) is 0 Å². The predicted octanol–water partition coefficient (Wildman–Crippen LogP) is 7.38. The molecule has 2 aromatic heterocycles. The second-order valence-electron chi connectivity index (χ2n) is 9.55. The number of nitrogens with zero attached hydrogens (tertiary/aromatic N) is 3. The van der Waals surface area contributed by atoms with Crippen LogP contribution in [0, 0.1) is 6.92 Å². The zero-order valence-electron chi connectivity index (χ0n) is 21.4. The number of hydrogen-bond donors (Lipinski definition) is 1. The van der Waals surface area contributed by atoms with Crippen molar-refractivity contribution in [3.05, 3.63) is 98.9 Å². The van der Waals surface area contributed by atoms with Gasteiger partial charge in [0.05, 0.1) is 10.5 Å². The number of halogens is 5. The lowest BCUT2D eigenvalue weighted by Gasteiger charge is -2.27. The van der Waals surface area contributed by atoms with Crippen LogP contribution in [-0.4, -0.2) is 39.9 Å². The van der Waals surface area contributed by atoms with Crippen LogP contribution in [0.25, 0.3) is 17.0 Å². The minimum atomic E-state index is -4.93. The Labute approximate surface area is 239 Å². The summed E-state index contributed by atoms with van der Waals surface area (Å²) in [5, 5.41) is 3.54. The monoisotopic (exact) mass is 588 g/mol. The quantitative estimate of drug-likeness (QED) is 0.239. The number of nitrogens with one attached hydrogen (secondary N) is 1. The highest BCUT2D eigenvalue weighted by Gasteiger charge is 2.33. The summed E-state index contributed by atoms with van der Waals surface area (Å²) in [6, 6.07) is 13.7. The minimum absolute atomic E-state index is 0.158. The Morgan fingerprint density at radius 3 is 2.65 bits per heavy atom. The molecule has 0 radical (unpaired) electrons. The zero-order chi connectivity index (χ0) is 28.4. The number of aryl methyl sites for hydroxylation is 1. The molecule has 0 bridgehead atoms. The lowest BCUT2D eigenvalue weighted by molar-refractivity contribution is -0.274. The summed E-state index contributed by atoms with van der Waals surface area (Å²) in [4.78, 5) is 19.6. The molecular formula is C29H25Cl2F3N4O2. The van der Waals surface area contributed by atoms with Gasteiger partial charge in [-0.1, -0.05) is 65.2 Å². The highest BCUT2D eigenvalue weighted by atomic mass is 35.5. The highest BCUT2D eigenvalue weighted by molar-refractivity contribution is 6.33. The van der Waals surface area contributed by atoms with Crippen molar-refractivity contribution in [2.24, 2.45) is 0 Å². The van der Waals surface area contributed by atoms with E-state index in [0.29, 0.717) is 31.4 Å². The molecule has 40 heavy (non-hydrogen) atoms. The van der Waals surface area contributed by atoms with Gasteiger partial charge in [0.2, 0.25) is 0 Å². The van der Waals surface area contributed by atoms with Crippen molar-refractivity contribution < 1.29 is 22.7 Å². The second-order valence-corrected chi connectivity index (χ2v) is 10.3. The molecule has 0 saturated carbocycles. The van der Waals surface area contributed by atoms with Gasteiger partial charge in [0.1, 0.15) is 10.9 Å². The Hall–Kier alpha value is -3.53. The maximum absolute atomic E-state index is 13.4. The van der Waals surface area contributed by atoms with Gasteiger partial charge in [-0.25, -0.2) is 9.78 Å². The van der Waals surface area contributed by atoms with E-state index < -0.39 is 18.1 Å². The number of carbonyl (C=O) groups excluding carboxylic acids is 1. The number of alkyl halides is 3. The fourth-order valence-electron chi connectivity index (χ4n) is 4.83. The summed E-state index contributed by atoms with van der Waals surface area (Å²) in [7, 11) is 0. The van der Waals surface area contributed by atoms with E-state index in [2.05, 4.69) is 56.4 Å². The molecule has 0 saturated heterocycles. The number of fused-ring (bicyclic) bond motifs is 3. The van der Waals surface area contributed by atoms with Crippen LogP contribution in [0.15, 0.2) is 60.8 Å². The number of rotatable bonds is 6. The summed E-state index contributed by atoms with van der Waals surface area (Å²) < 4.78 is 44.8. The first-order valence-electron chi connectivity index (χ1n) is 12.5. The van der Waals surface area contributed by atoms with Gasteiger partial charge >= 0.3 is 12.4 Å². The van der Waals surface area contributed by atoms with Crippen molar-refractivity contribution in [2.45, 2.75) is 32.8 Å². The topological polar surface area (TPSA) is 59.4 Å². The molecule has 0 fully saturated rings. The van der Waals surface area contributed by atoms with E-state index in [4.69, 9.17) is 23.2 Å². The summed E-state index contributed by atoms with van der Waals surface area (Å²) in [6.07, 6.45) is 1.24. The van der Waals surface area contributed by atoms with Crippen molar-refractivity contribution in [3.63, 3.8) is 0 Å². The maximum atomic E-state index is 13.4. The third kappa shape index (κ3) is 6.43. The highest BCUT2D eigenvalue weighted by Crippen LogP contribution is 2.39. The second kappa shape index (κ2) is 11.5. The molecular weight excluding hydrogens is 564 g/mol. The maximum Gasteiger partial charge on any atom is 0.573 e. The summed E-state index contributed by atoms with van der Waals surface area (Å²) in [5.41, 5.74) is 4.86. The van der Waals surface area contributed by atoms with Gasteiger partial charge in [-0.05, 0) is 41.8 Å². The van der Waals surface area contributed by atoms with Crippen molar-refractivity contribution >= 4 is 46.2 Å². The number of benzene rings is 2. The van der Waals surface area contributed by atoms with Gasteiger partial charge in [0.25, 0.3) is 0 Å². The number of amides is 1. The average molecular weight is 589 g/mol. The van der Waals surface area contributed by atoms with Crippen molar-refractivity contribution in [3.8, 4) is 5.75 Å². The Bertz CT molecular complexity index is 1580. The predicted molar refractivity (Wildman–Crippen MR) is 150 cm³/mol. The summed E-state index contributed by atoms with van der Waals surface area (Å²) in [6.45, 7) is 4.02. The largest absolute Gasteiger partial charge is 0.573 e. The van der Waals surface area contributed by atoms with Crippen molar-refractivity contribution in [1.29, 1.82) is 0 Å². The molecule has 0 aliphatic carbocycles. The van der Waals surface area contributed by atoms with Crippen LogP contribution >= 0.6 is 23.2 Å². The normalized spacial score (nSPS) is 14.1. The first-order chi connectivity index (χ1) is 19.1. The van der Waals surface area contributed by atoms with Gasteiger partial charge in [0, 0.05) is 55.9 Å². The lowest BCUT2D eigenvalue weighted by atomic mass is 10.0. The van der Waals surface area contributed by atoms with Crippen LogP contribution in [-0.2, 0) is 19.5 Å². The van der Waals surface area contributed by atoms with E-state index in [0.717, 1.165) is 22.4 Å². The van der Waals surface area contributed by atoms with E-state index in [-0.39, 0.29) is 22.2 Å². The van der Waals surface area contributed by atoms with Gasteiger partial charge in [-0.15, -0.1) is 13.2 Å². The molecule has 3 heterocycles. The van der Waals surface area contributed by atoms with Crippen molar-refractivity contribution in [2.75, 3.05) is 13.1 Å². The Kier molecular flexibility index (Phi) is 8.07. The van der Waals surface area contributed by atoms with Crippen molar-refractivity contribution in [1.82, 2.24) is 19.8 Å². The SMILES string of the molecule is Cc1ccc(/C=C/CN2CCc3c(c4cc(Cl)c(OC(F)(F)F)cc4n3C(=O)NCc3ccnc(Cl)c3)C2)cc1. The molecule has 5 rings (SSSR count). The third-order valence-corrected chi connectivity index (χ3v) is 7.20. The Morgan fingerprint density at radius 2 is 1.93 bits per heavy atom. The van der Waals surface area contributed by atoms with E-state index >= 15 is 0 Å². The molecule has 1 amide bonds. The number of ether oxygens (including phenoxy) is 1. The Morgan fingerprint density at radius 1 is 1.15 bits per heavy atom. The number of hydrogen-bond acceptors (Lipinski definition) is 4. The Balaban J connectivity index is 1.45. The molecule has 0 spiro atoms. The number of aromatic nitrogens is 2. The molecule has 0 atom stereocenters. The van der Waals surface area contributed by atoms with Crippen LogP contribution < -0.4 is 10.1 Å². The first-order valence-corrected chi connectivity index (χ1v) is 13.3.